The number of fused-ring (bicyclic) bond motifs is 1. The van der Waals surface area contributed by atoms with Crippen molar-refractivity contribution in [3.05, 3.63) is 35.4 Å². The van der Waals surface area contributed by atoms with Crippen LogP contribution >= 0.6 is 0 Å². The Morgan fingerprint density at radius 1 is 1.42 bits per heavy atom. The quantitative estimate of drug-likeness (QED) is 0.559. The summed E-state index contributed by atoms with van der Waals surface area (Å²) in [6, 6.07) is 9.05. The molecule has 1 atom stereocenters. The molecule has 0 radical (unpaired) electrons. The Morgan fingerprint density at radius 2 is 2.25 bits per heavy atom. The molecule has 1 aromatic rings. The number of rotatable bonds is 1. The standard InChI is InChI=1S/C11H13N/c1-2-12-11-8-7-9-5-3-4-6-10(9)11/h2-6,11H,7-8H2,1H3. The Balaban J connectivity index is 2.36. The fraction of sp³-hybridized carbons (Fsp3) is 0.364. The Labute approximate surface area is 73.1 Å². The average Bonchev–Trinajstić information content (AvgIpc) is 2.50. The topological polar surface area (TPSA) is 12.4 Å². The van der Waals surface area contributed by atoms with Gasteiger partial charge in [-0.2, -0.15) is 0 Å². The summed E-state index contributed by atoms with van der Waals surface area (Å²) in [5.41, 5.74) is 2.91. The molecule has 2 rings (SSSR count). The highest BCUT2D eigenvalue weighted by Crippen LogP contribution is 2.33. The van der Waals surface area contributed by atoms with Gasteiger partial charge in [-0.05, 0) is 37.1 Å². The first-order valence-corrected chi connectivity index (χ1v) is 4.47. The second kappa shape index (κ2) is 3.10. The van der Waals surface area contributed by atoms with Crippen molar-refractivity contribution >= 4 is 6.21 Å². The zero-order chi connectivity index (χ0) is 8.39. The van der Waals surface area contributed by atoms with Gasteiger partial charge in [0.25, 0.3) is 0 Å². The maximum Gasteiger partial charge on any atom is 0.0750 e. The second-order valence-corrected chi connectivity index (χ2v) is 3.16. The number of hydrogen-bond donors (Lipinski definition) is 0. The predicted molar refractivity (Wildman–Crippen MR) is 51.7 cm³/mol. The van der Waals surface area contributed by atoms with Gasteiger partial charge in [-0.25, -0.2) is 0 Å². The van der Waals surface area contributed by atoms with Crippen LogP contribution in [-0.2, 0) is 6.42 Å². The van der Waals surface area contributed by atoms with Crippen molar-refractivity contribution < 1.29 is 0 Å². The van der Waals surface area contributed by atoms with Crippen LogP contribution in [0.3, 0.4) is 0 Å². The van der Waals surface area contributed by atoms with Crippen LogP contribution in [-0.4, -0.2) is 6.21 Å². The smallest absolute Gasteiger partial charge is 0.0750 e. The van der Waals surface area contributed by atoms with E-state index in [2.05, 4.69) is 29.3 Å². The van der Waals surface area contributed by atoms with E-state index in [0.717, 1.165) is 0 Å². The number of nitrogens with zero attached hydrogens (tertiary/aromatic N) is 1. The van der Waals surface area contributed by atoms with Crippen LogP contribution in [0.4, 0.5) is 0 Å². The zero-order valence-corrected chi connectivity index (χ0v) is 7.33. The van der Waals surface area contributed by atoms with E-state index >= 15 is 0 Å². The molecule has 1 aliphatic rings. The lowest BCUT2D eigenvalue weighted by Gasteiger charge is -2.03. The summed E-state index contributed by atoms with van der Waals surface area (Å²) < 4.78 is 0. The summed E-state index contributed by atoms with van der Waals surface area (Å²) >= 11 is 0. The van der Waals surface area contributed by atoms with Crippen molar-refractivity contribution in [1.29, 1.82) is 0 Å². The third kappa shape index (κ3) is 1.15. The van der Waals surface area contributed by atoms with Crippen LogP contribution in [0.1, 0.15) is 30.5 Å². The van der Waals surface area contributed by atoms with Gasteiger partial charge in [0.2, 0.25) is 0 Å². The van der Waals surface area contributed by atoms with Crippen LogP contribution in [0, 0.1) is 0 Å². The summed E-state index contributed by atoms with van der Waals surface area (Å²) in [5, 5.41) is 0. The lowest BCUT2D eigenvalue weighted by atomic mass is 10.1. The van der Waals surface area contributed by atoms with Crippen LogP contribution in [0.25, 0.3) is 0 Å². The van der Waals surface area contributed by atoms with Crippen molar-refractivity contribution in [2.75, 3.05) is 0 Å². The Bertz CT molecular complexity index is 302. The first-order valence-electron chi connectivity index (χ1n) is 4.47. The monoisotopic (exact) mass is 159 g/mol. The lowest BCUT2D eigenvalue weighted by Crippen LogP contribution is -1.87. The molecule has 1 unspecified atom stereocenters. The van der Waals surface area contributed by atoms with Crippen molar-refractivity contribution in [2.24, 2.45) is 4.99 Å². The molecule has 12 heavy (non-hydrogen) atoms. The third-order valence-corrected chi connectivity index (χ3v) is 2.43. The SMILES string of the molecule is CC=NC1CCc2ccccc21. The second-order valence-electron chi connectivity index (χ2n) is 3.16. The fourth-order valence-electron chi connectivity index (χ4n) is 1.87. The molecule has 0 amide bonds. The van der Waals surface area contributed by atoms with E-state index in [4.69, 9.17) is 0 Å². The Kier molecular flexibility index (Phi) is 1.94. The van der Waals surface area contributed by atoms with Crippen molar-refractivity contribution in [3.8, 4) is 0 Å². The summed E-state index contributed by atoms with van der Waals surface area (Å²) in [5.74, 6) is 0. The number of benzene rings is 1. The molecule has 1 nitrogen and oxygen atoms in total. The molecule has 0 saturated carbocycles. The number of hydrogen-bond acceptors (Lipinski definition) is 1. The van der Waals surface area contributed by atoms with Gasteiger partial charge < -0.3 is 0 Å². The molecule has 1 aromatic carbocycles. The normalized spacial score (nSPS) is 21.6. The van der Waals surface area contributed by atoms with Crippen molar-refractivity contribution in [3.63, 3.8) is 0 Å². The van der Waals surface area contributed by atoms with E-state index in [1.54, 1.807) is 0 Å². The van der Waals surface area contributed by atoms with Crippen molar-refractivity contribution in [2.45, 2.75) is 25.8 Å². The van der Waals surface area contributed by atoms with E-state index in [-0.39, 0.29) is 0 Å². The van der Waals surface area contributed by atoms with Gasteiger partial charge in [-0.3, -0.25) is 4.99 Å². The number of aliphatic imine (C=N–C) groups is 1. The van der Waals surface area contributed by atoms with Crippen LogP contribution < -0.4 is 0 Å². The van der Waals surface area contributed by atoms with Gasteiger partial charge in [-0.1, -0.05) is 24.3 Å². The largest absolute Gasteiger partial charge is 0.290 e. The molecule has 62 valence electrons. The Morgan fingerprint density at radius 3 is 3.08 bits per heavy atom. The minimum atomic E-state index is 0.436. The van der Waals surface area contributed by atoms with Crippen molar-refractivity contribution in [1.82, 2.24) is 0 Å². The van der Waals surface area contributed by atoms with Gasteiger partial charge >= 0.3 is 0 Å². The third-order valence-electron chi connectivity index (χ3n) is 2.43. The molecule has 0 aliphatic heterocycles. The molecule has 0 fully saturated rings. The highest BCUT2D eigenvalue weighted by Gasteiger charge is 2.19. The van der Waals surface area contributed by atoms with Gasteiger partial charge in [0.1, 0.15) is 0 Å². The summed E-state index contributed by atoms with van der Waals surface area (Å²) in [6.45, 7) is 1.99. The summed E-state index contributed by atoms with van der Waals surface area (Å²) in [4.78, 5) is 4.44. The molecule has 0 aromatic heterocycles. The van der Waals surface area contributed by atoms with Crippen LogP contribution in [0.15, 0.2) is 29.3 Å². The minimum Gasteiger partial charge on any atom is -0.290 e. The first-order chi connectivity index (χ1) is 5.92. The fourth-order valence-corrected chi connectivity index (χ4v) is 1.87. The zero-order valence-electron chi connectivity index (χ0n) is 7.33. The van der Waals surface area contributed by atoms with Gasteiger partial charge in [0.05, 0.1) is 6.04 Å². The molecule has 0 bridgehead atoms. The minimum absolute atomic E-state index is 0.436. The van der Waals surface area contributed by atoms with Crippen LogP contribution in [0.2, 0.25) is 0 Å². The van der Waals surface area contributed by atoms with E-state index in [9.17, 15) is 0 Å². The molecular formula is C11H13N. The van der Waals surface area contributed by atoms with E-state index < -0.39 is 0 Å². The maximum atomic E-state index is 4.44. The Hall–Kier alpha value is -1.11. The molecule has 0 N–H and O–H groups in total. The molecule has 0 saturated heterocycles. The maximum absolute atomic E-state index is 4.44. The van der Waals surface area contributed by atoms with Gasteiger partial charge in [0.15, 0.2) is 0 Å². The first kappa shape index (κ1) is 7.53. The summed E-state index contributed by atoms with van der Waals surface area (Å²) in [7, 11) is 0. The van der Waals surface area contributed by atoms with E-state index in [1.807, 2.05) is 13.1 Å². The van der Waals surface area contributed by atoms with Gasteiger partial charge in [0, 0.05) is 0 Å². The van der Waals surface area contributed by atoms with Crippen LogP contribution in [0.5, 0.6) is 0 Å². The molecule has 1 heteroatoms. The van der Waals surface area contributed by atoms with Gasteiger partial charge in [-0.15, -0.1) is 0 Å². The molecule has 0 heterocycles. The molecule has 0 spiro atoms. The number of aryl methyl sites for hydroxylation is 1. The molecular weight excluding hydrogens is 146 g/mol. The van der Waals surface area contributed by atoms with E-state index in [0.29, 0.717) is 6.04 Å². The lowest BCUT2D eigenvalue weighted by molar-refractivity contribution is 0.718. The summed E-state index contributed by atoms with van der Waals surface area (Å²) in [6.07, 6.45) is 4.29. The predicted octanol–water partition coefficient (Wildman–Crippen LogP) is 2.76. The van der Waals surface area contributed by atoms with E-state index in [1.165, 1.54) is 24.0 Å². The molecule has 1 aliphatic carbocycles. The highest BCUT2D eigenvalue weighted by atomic mass is 14.8. The average molecular weight is 159 g/mol. The highest BCUT2D eigenvalue weighted by molar-refractivity contribution is 5.54.